The van der Waals surface area contributed by atoms with Crippen molar-refractivity contribution in [3.05, 3.63) is 47.5 Å². The largest absolute Gasteiger partial charge is 0.376 e. The van der Waals surface area contributed by atoms with E-state index >= 15 is 0 Å². The van der Waals surface area contributed by atoms with Crippen LogP contribution in [0.25, 0.3) is 0 Å². The predicted molar refractivity (Wildman–Crippen MR) is 60.1 cm³/mol. The van der Waals surface area contributed by atoms with Crippen LogP contribution in [-0.4, -0.2) is 6.61 Å². The topological polar surface area (TPSA) is 9.23 Å². The molecule has 0 bridgehead atoms. The van der Waals surface area contributed by atoms with Gasteiger partial charge in [0.1, 0.15) is 0 Å². The van der Waals surface area contributed by atoms with Gasteiger partial charge >= 0.3 is 0 Å². The summed E-state index contributed by atoms with van der Waals surface area (Å²) in [5, 5.41) is 0. The average molecular weight is 190 g/mol. The average Bonchev–Trinajstić information content (AvgIpc) is 2.18. The van der Waals surface area contributed by atoms with Crippen LogP contribution < -0.4 is 0 Å². The summed E-state index contributed by atoms with van der Waals surface area (Å²) >= 11 is 0. The molecule has 0 aliphatic rings. The van der Waals surface area contributed by atoms with Crippen LogP contribution in [0.2, 0.25) is 0 Å². The van der Waals surface area contributed by atoms with Crippen molar-refractivity contribution >= 4 is 0 Å². The van der Waals surface area contributed by atoms with E-state index in [1.807, 2.05) is 18.2 Å². The molecule has 0 saturated carbocycles. The highest BCUT2D eigenvalue weighted by Crippen LogP contribution is 2.01. The molecule has 0 atom stereocenters. The zero-order valence-corrected chi connectivity index (χ0v) is 8.99. The molecule has 0 aliphatic heterocycles. The van der Waals surface area contributed by atoms with Gasteiger partial charge in [-0.15, -0.1) is 0 Å². The van der Waals surface area contributed by atoms with Gasteiger partial charge in [-0.3, -0.25) is 0 Å². The van der Waals surface area contributed by atoms with Crippen molar-refractivity contribution in [2.75, 3.05) is 6.61 Å². The third-order valence-electron chi connectivity index (χ3n) is 1.93. The molecule has 14 heavy (non-hydrogen) atoms. The summed E-state index contributed by atoms with van der Waals surface area (Å²) in [4.78, 5) is 0. The highest BCUT2D eigenvalue weighted by atomic mass is 16.5. The summed E-state index contributed by atoms with van der Waals surface area (Å²) in [6.45, 7) is 5.74. The number of benzene rings is 1. The van der Waals surface area contributed by atoms with Crippen LogP contribution in [0.5, 0.6) is 0 Å². The first kappa shape index (κ1) is 11.0. The van der Waals surface area contributed by atoms with Gasteiger partial charge in [-0.05, 0) is 25.8 Å². The molecular weight excluding hydrogens is 172 g/mol. The molecule has 1 aromatic rings. The minimum Gasteiger partial charge on any atom is -0.376 e. The van der Waals surface area contributed by atoms with E-state index in [4.69, 9.17) is 4.74 Å². The molecular formula is C13H18O. The fourth-order valence-corrected chi connectivity index (χ4v) is 1.20. The molecule has 0 unspecified atom stereocenters. The minimum atomic E-state index is 0.720. The molecule has 1 nitrogen and oxygen atoms in total. The standard InChI is InChI=1S/C13H18O/c1-12(2)7-6-10-14-11-13-8-4-3-5-9-13/h3-5,7-9H,6,10-11H2,1-2H3. The second-order valence-electron chi connectivity index (χ2n) is 3.61. The van der Waals surface area contributed by atoms with Crippen molar-refractivity contribution in [2.45, 2.75) is 26.9 Å². The van der Waals surface area contributed by atoms with Crippen molar-refractivity contribution in [1.82, 2.24) is 0 Å². The van der Waals surface area contributed by atoms with Crippen LogP contribution in [0.4, 0.5) is 0 Å². The lowest BCUT2D eigenvalue weighted by molar-refractivity contribution is 0.125. The Morgan fingerprint density at radius 3 is 2.57 bits per heavy atom. The Hall–Kier alpha value is -1.08. The molecule has 1 rings (SSSR count). The number of allylic oxidation sites excluding steroid dienone is 1. The minimum absolute atomic E-state index is 0.720. The quantitative estimate of drug-likeness (QED) is 0.509. The van der Waals surface area contributed by atoms with Crippen LogP contribution in [-0.2, 0) is 11.3 Å². The van der Waals surface area contributed by atoms with E-state index in [0.29, 0.717) is 0 Å². The van der Waals surface area contributed by atoms with E-state index in [-0.39, 0.29) is 0 Å². The van der Waals surface area contributed by atoms with Crippen LogP contribution in [0, 0.1) is 0 Å². The predicted octanol–water partition coefficient (Wildman–Crippen LogP) is 3.56. The molecule has 0 saturated heterocycles. The molecule has 0 fully saturated rings. The van der Waals surface area contributed by atoms with Gasteiger partial charge in [0.2, 0.25) is 0 Å². The normalized spacial score (nSPS) is 9.86. The van der Waals surface area contributed by atoms with Crippen LogP contribution >= 0.6 is 0 Å². The third-order valence-corrected chi connectivity index (χ3v) is 1.93. The molecule has 0 heterocycles. The van der Waals surface area contributed by atoms with E-state index in [1.54, 1.807) is 0 Å². The number of rotatable bonds is 5. The van der Waals surface area contributed by atoms with Crippen LogP contribution in [0.1, 0.15) is 25.8 Å². The smallest absolute Gasteiger partial charge is 0.0717 e. The van der Waals surface area contributed by atoms with E-state index in [2.05, 4.69) is 32.1 Å². The SMILES string of the molecule is CC(C)=CCCOCc1ccccc1. The fourth-order valence-electron chi connectivity index (χ4n) is 1.20. The van der Waals surface area contributed by atoms with Gasteiger partial charge in [0.25, 0.3) is 0 Å². The summed E-state index contributed by atoms with van der Waals surface area (Å²) in [7, 11) is 0. The number of hydrogen-bond donors (Lipinski definition) is 0. The van der Waals surface area contributed by atoms with Crippen molar-refractivity contribution < 1.29 is 4.74 Å². The van der Waals surface area contributed by atoms with Crippen molar-refractivity contribution in [3.63, 3.8) is 0 Å². The molecule has 0 aromatic heterocycles. The van der Waals surface area contributed by atoms with E-state index in [0.717, 1.165) is 19.6 Å². The molecule has 76 valence electrons. The lowest BCUT2D eigenvalue weighted by Gasteiger charge is -2.02. The first-order chi connectivity index (χ1) is 6.79. The fraction of sp³-hybridized carbons (Fsp3) is 0.385. The van der Waals surface area contributed by atoms with E-state index < -0.39 is 0 Å². The van der Waals surface area contributed by atoms with Gasteiger partial charge in [-0.25, -0.2) is 0 Å². The molecule has 1 aromatic carbocycles. The second kappa shape index (κ2) is 6.39. The summed E-state index contributed by atoms with van der Waals surface area (Å²) in [5.74, 6) is 0. The Bertz CT molecular complexity index is 271. The Morgan fingerprint density at radius 1 is 1.21 bits per heavy atom. The highest BCUT2D eigenvalue weighted by Gasteiger charge is 1.90. The van der Waals surface area contributed by atoms with E-state index in [1.165, 1.54) is 11.1 Å². The van der Waals surface area contributed by atoms with Crippen molar-refractivity contribution in [1.29, 1.82) is 0 Å². The maximum atomic E-state index is 5.53. The third kappa shape index (κ3) is 4.83. The Labute approximate surface area is 86.4 Å². The van der Waals surface area contributed by atoms with Crippen molar-refractivity contribution in [2.24, 2.45) is 0 Å². The number of ether oxygens (including phenoxy) is 1. The second-order valence-corrected chi connectivity index (χ2v) is 3.61. The lowest BCUT2D eigenvalue weighted by Crippen LogP contribution is -1.93. The zero-order chi connectivity index (χ0) is 10.2. The van der Waals surface area contributed by atoms with Crippen molar-refractivity contribution in [3.8, 4) is 0 Å². The van der Waals surface area contributed by atoms with Gasteiger partial charge < -0.3 is 4.74 Å². The Balaban J connectivity index is 2.14. The maximum Gasteiger partial charge on any atom is 0.0717 e. The molecule has 0 amide bonds. The molecule has 0 N–H and O–H groups in total. The van der Waals surface area contributed by atoms with E-state index in [9.17, 15) is 0 Å². The first-order valence-electron chi connectivity index (χ1n) is 5.04. The molecule has 0 aliphatic carbocycles. The summed E-state index contributed by atoms with van der Waals surface area (Å²) in [6, 6.07) is 10.3. The highest BCUT2D eigenvalue weighted by molar-refractivity contribution is 5.13. The van der Waals surface area contributed by atoms with Gasteiger partial charge in [-0.2, -0.15) is 0 Å². The first-order valence-corrected chi connectivity index (χ1v) is 5.04. The molecule has 0 radical (unpaired) electrons. The van der Waals surface area contributed by atoms with Gasteiger partial charge in [0.05, 0.1) is 13.2 Å². The lowest BCUT2D eigenvalue weighted by atomic mass is 10.2. The summed E-state index contributed by atoms with van der Waals surface area (Å²) in [6.07, 6.45) is 3.21. The number of hydrogen-bond acceptors (Lipinski definition) is 1. The summed E-state index contributed by atoms with van der Waals surface area (Å²) in [5.41, 5.74) is 2.60. The van der Waals surface area contributed by atoms with Gasteiger partial charge in [0.15, 0.2) is 0 Å². The zero-order valence-electron chi connectivity index (χ0n) is 8.99. The molecule has 0 spiro atoms. The molecule has 1 heteroatoms. The van der Waals surface area contributed by atoms with Crippen LogP contribution in [0.3, 0.4) is 0 Å². The summed E-state index contributed by atoms with van der Waals surface area (Å²) < 4.78 is 5.53. The maximum absolute atomic E-state index is 5.53. The Kier molecular flexibility index (Phi) is 5.02. The van der Waals surface area contributed by atoms with Gasteiger partial charge in [0, 0.05) is 0 Å². The van der Waals surface area contributed by atoms with Gasteiger partial charge in [-0.1, -0.05) is 42.0 Å². The van der Waals surface area contributed by atoms with Crippen LogP contribution in [0.15, 0.2) is 42.0 Å². The Morgan fingerprint density at radius 2 is 1.93 bits per heavy atom. The monoisotopic (exact) mass is 190 g/mol.